The number of fused-ring (bicyclic) bond motifs is 1. The van der Waals surface area contributed by atoms with Crippen molar-refractivity contribution >= 4 is 28.4 Å². The van der Waals surface area contributed by atoms with E-state index >= 15 is 0 Å². The minimum Gasteiger partial charge on any atom is -0.489 e. The monoisotopic (exact) mass is 261 g/mol. The highest BCUT2D eigenvalue weighted by Gasteiger charge is 2.17. The molecule has 16 heavy (non-hydrogen) atoms. The maximum atomic E-state index is 8.58. The van der Waals surface area contributed by atoms with Gasteiger partial charge in [-0.3, -0.25) is 0 Å². The van der Waals surface area contributed by atoms with Crippen LogP contribution in [-0.2, 0) is 0 Å². The average Bonchev–Trinajstić information content (AvgIpc) is 2.53. The van der Waals surface area contributed by atoms with Gasteiger partial charge in [0.25, 0.3) is 0 Å². The first-order chi connectivity index (χ1) is 7.72. The summed E-state index contributed by atoms with van der Waals surface area (Å²) >= 11 is 11.7. The van der Waals surface area contributed by atoms with Crippen LogP contribution in [0.15, 0.2) is 17.3 Å². The van der Waals surface area contributed by atoms with E-state index in [-0.39, 0.29) is 5.17 Å². The molecule has 0 unspecified atom stereocenters. The van der Waals surface area contributed by atoms with E-state index in [1.807, 2.05) is 0 Å². The molecule has 0 aliphatic carbocycles. The maximum absolute atomic E-state index is 8.58. The van der Waals surface area contributed by atoms with Crippen molar-refractivity contribution in [1.82, 2.24) is 0 Å². The molecule has 2 rings (SSSR count). The Labute approximate surface area is 102 Å². The van der Waals surface area contributed by atoms with Gasteiger partial charge in [-0.15, -0.1) is 0 Å². The fraction of sp³-hybridized carbons (Fsp3) is 0.300. The molecular formula is C10H9Cl2NO3. The van der Waals surface area contributed by atoms with Gasteiger partial charge in [-0.1, -0.05) is 28.4 Å². The summed E-state index contributed by atoms with van der Waals surface area (Å²) in [6.07, 6.45) is 0.794. The highest BCUT2D eigenvalue weighted by Crippen LogP contribution is 2.38. The molecule has 1 aromatic carbocycles. The number of oxime groups is 1. The fourth-order valence-electron chi connectivity index (χ4n) is 1.41. The van der Waals surface area contributed by atoms with Crippen LogP contribution in [0.1, 0.15) is 12.0 Å². The highest BCUT2D eigenvalue weighted by atomic mass is 35.5. The van der Waals surface area contributed by atoms with Crippen LogP contribution >= 0.6 is 23.2 Å². The summed E-state index contributed by atoms with van der Waals surface area (Å²) in [6, 6.07) is 3.20. The molecule has 0 saturated carbocycles. The van der Waals surface area contributed by atoms with E-state index in [4.69, 9.17) is 37.9 Å². The number of rotatable bonds is 1. The molecule has 6 heteroatoms. The zero-order chi connectivity index (χ0) is 11.5. The van der Waals surface area contributed by atoms with E-state index in [1.54, 1.807) is 12.1 Å². The molecule has 1 N–H and O–H groups in total. The second-order valence-corrected chi connectivity index (χ2v) is 3.99. The lowest BCUT2D eigenvalue weighted by Gasteiger charge is -2.10. The fourth-order valence-corrected chi connectivity index (χ4v) is 1.78. The van der Waals surface area contributed by atoms with Crippen LogP contribution in [0.2, 0.25) is 5.02 Å². The van der Waals surface area contributed by atoms with Gasteiger partial charge in [-0.25, -0.2) is 0 Å². The van der Waals surface area contributed by atoms with E-state index in [9.17, 15) is 0 Å². The van der Waals surface area contributed by atoms with Gasteiger partial charge >= 0.3 is 0 Å². The van der Waals surface area contributed by atoms with Crippen LogP contribution in [0.25, 0.3) is 0 Å². The van der Waals surface area contributed by atoms with Crippen molar-refractivity contribution in [3.63, 3.8) is 0 Å². The number of hydrogen-bond acceptors (Lipinski definition) is 4. The van der Waals surface area contributed by atoms with Gasteiger partial charge in [-0.05, 0) is 12.1 Å². The van der Waals surface area contributed by atoms with Gasteiger partial charge in [0.2, 0.25) is 0 Å². The summed E-state index contributed by atoms with van der Waals surface area (Å²) in [5.41, 5.74) is 0.485. The topological polar surface area (TPSA) is 51.1 Å². The van der Waals surface area contributed by atoms with Crippen LogP contribution in [0.5, 0.6) is 11.5 Å². The molecule has 0 saturated heterocycles. The molecule has 1 aromatic rings. The summed E-state index contributed by atoms with van der Waals surface area (Å²) in [5, 5.41) is 11.8. The van der Waals surface area contributed by atoms with Crippen LogP contribution in [0, 0.1) is 0 Å². The first-order valence-electron chi connectivity index (χ1n) is 4.69. The van der Waals surface area contributed by atoms with Gasteiger partial charge < -0.3 is 14.7 Å². The standard InChI is InChI=1S/C10H9Cl2NO3/c11-7-4-6(10(12)13-14)5-8-9(7)16-3-1-2-15-8/h4-5,14H,1-3H2/b13-10+. The van der Waals surface area contributed by atoms with Crippen molar-refractivity contribution in [1.29, 1.82) is 0 Å². The van der Waals surface area contributed by atoms with Crippen LogP contribution in [0.4, 0.5) is 0 Å². The number of nitrogens with zero attached hydrogens (tertiary/aromatic N) is 1. The van der Waals surface area contributed by atoms with Crippen molar-refractivity contribution in [2.24, 2.45) is 5.16 Å². The Morgan fingerprint density at radius 1 is 1.31 bits per heavy atom. The Kier molecular flexibility index (Phi) is 3.41. The Hall–Kier alpha value is -1.13. The predicted molar refractivity (Wildman–Crippen MR) is 61.2 cm³/mol. The minimum atomic E-state index is -0.0439. The molecule has 1 aliphatic heterocycles. The Balaban J connectivity index is 2.47. The summed E-state index contributed by atoms with van der Waals surface area (Å²) in [7, 11) is 0. The molecule has 86 valence electrons. The smallest absolute Gasteiger partial charge is 0.179 e. The normalized spacial score (nSPS) is 15.8. The third-order valence-electron chi connectivity index (χ3n) is 2.13. The number of ether oxygens (including phenoxy) is 2. The molecule has 0 spiro atoms. The van der Waals surface area contributed by atoms with Gasteiger partial charge in [0.05, 0.1) is 18.2 Å². The van der Waals surface area contributed by atoms with E-state index < -0.39 is 0 Å². The van der Waals surface area contributed by atoms with Crippen molar-refractivity contribution in [2.45, 2.75) is 6.42 Å². The second-order valence-electron chi connectivity index (χ2n) is 3.23. The highest BCUT2D eigenvalue weighted by molar-refractivity contribution is 6.69. The molecule has 1 aliphatic rings. The molecule has 0 amide bonds. The summed E-state index contributed by atoms with van der Waals surface area (Å²) in [6.45, 7) is 1.12. The van der Waals surface area contributed by atoms with E-state index in [0.29, 0.717) is 35.3 Å². The quantitative estimate of drug-likeness (QED) is 0.481. The van der Waals surface area contributed by atoms with E-state index in [1.165, 1.54) is 0 Å². The summed E-state index contributed by atoms with van der Waals surface area (Å²) in [4.78, 5) is 0. The van der Waals surface area contributed by atoms with Gasteiger partial charge in [0.1, 0.15) is 0 Å². The summed E-state index contributed by atoms with van der Waals surface area (Å²) in [5.74, 6) is 1.02. The number of hydrogen-bond donors (Lipinski definition) is 1. The molecular weight excluding hydrogens is 253 g/mol. The van der Waals surface area contributed by atoms with E-state index in [2.05, 4.69) is 5.16 Å². The molecule has 0 aromatic heterocycles. The Morgan fingerprint density at radius 3 is 2.81 bits per heavy atom. The first-order valence-corrected chi connectivity index (χ1v) is 5.45. The second kappa shape index (κ2) is 4.80. The Bertz CT molecular complexity index is 434. The van der Waals surface area contributed by atoms with Crippen LogP contribution in [-0.4, -0.2) is 23.6 Å². The third-order valence-corrected chi connectivity index (χ3v) is 2.70. The number of benzene rings is 1. The van der Waals surface area contributed by atoms with Crippen molar-refractivity contribution in [3.05, 3.63) is 22.7 Å². The van der Waals surface area contributed by atoms with Gasteiger partial charge in [-0.2, -0.15) is 0 Å². The SMILES string of the molecule is O/N=C(/Cl)c1cc(Cl)c2c(c1)OCCCO2. The Morgan fingerprint density at radius 2 is 2.06 bits per heavy atom. The maximum Gasteiger partial charge on any atom is 0.179 e. The molecule has 0 bridgehead atoms. The minimum absolute atomic E-state index is 0.0439. The number of halogens is 2. The summed E-state index contributed by atoms with van der Waals surface area (Å²) < 4.78 is 10.9. The predicted octanol–water partition coefficient (Wildman–Crippen LogP) is 2.88. The van der Waals surface area contributed by atoms with Crippen molar-refractivity contribution in [3.8, 4) is 11.5 Å². The van der Waals surface area contributed by atoms with Crippen LogP contribution in [0.3, 0.4) is 0 Å². The lowest BCUT2D eigenvalue weighted by molar-refractivity contribution is 0.297. The lowest BCUT2D eigenvalue weighted by atomic mass is 10.2. The zero-order valence-electron chi connectivity index (χ0n) is 8.24. The van der Waals surface area contributed by atoms with Gasteiger partial charge in [0.15, 0.2) is 16.7 Å². The first kappa shape index (κ1) is 11.4. The lowest BCUT2D eigenvalue weighted by Crippen LogP contribution is -1.97. The molecule has 0 radical (unpaired) electrons. The third kappa shape index (κ3) is 2.18. The molecule has 1 heterocycles. The average molecular weight is 262 g/mol. The molecule has 4 nitrogen and oxygen atoms in total. The molecule has 0 fully saturated rings. The van der Waals surface area contributed by atoms with Crippen molar-refractivity contribution in [2.75, 3.05) is 13.2 Å². The van der Waals surface area contributed by atoms with E-state index in [0.717, 1.165) is 6.42 Å². The largest absolute Gasteiger partial charge is 0.489 e. The molecule has 0 atom stereocenters. The van der Waals surface area contributed by atoms with Crippen LogP contribution < -0.4 is 9.47 Å². The zero-order valence-corrected chi connectivity index (χ0v) is 9.75. The van der Waals surface area contributed by atoms with Gasteiger partial charge in [0, 0.05) is 12.0 Å². The van der Waals surface area contributed by atoms with Crippen molar-refractivity contribution < 1.29 is 14.7 Å².